The summed E-state index contributed by atoms with van der Waals surface area (Å²) in [6.45, 7) is 0. The fourth-order valence-electron chi connectivity index (χ4n) is 2.74. The van der Waals surface area contributed by atoms with Gasteiger partial charge in [0.15, 0.2) is 0 Å². The number of hydrogen-bond acceptors (Lipinski definition) is 1. The molecule has 0 aliphatic rings. The summed E-state index contributed by atoms with van der Waals surface area (Å²) in [5, 5.41) is 0. The minimum absolute atomic E-state index is 0.882. The van der Waals surface area contributed by atoms with Crippen LogP contribution in [-0.4, -0.2) is 9.97 Å². The van der Waals surface area contributed by atoms with Gasteiger partial charge in [-0.1, -0.05) is 88.7 Å². The Balaban J connectivity index is 1.90. The van der Waals surface area contributed by atoms with E-state index in [1.807, 2.05) is 48.5 Å². The zero-order chi connectivity index (χ0) is 16.4. The molecule has 0 saturated heterocycles. The lowest BCUT2D eigenvalue weighted by Crippen LogP contribution is -1.83. The number of H-pyrrole nitrogens is 1. The fraction of sp³-hybridized carbons (Fsp3) is 0. The van der Waals surface area contributed by atoms with Gasteiger partial charge in [0, 0.05) is 21.2 Å². The van der Waals surface area contributed by atoms with E-state index < -0.39 is 0 Å². The van der Waals surface area contributed by atoms with Gasteiger partial charge in [-0.2, -0.15) is 0 Å². The molecule has 0 unspecified atom stereocenters. The average molecular weight is 375 g/mol. The van der Waals surface area contributed by atoms with Crippen molar-refractivity contribution in [2.45, 2.75) is 0 Å². The van der Waals surface area contributed by atoms with E-state index in [9.17, 15) is 0 Å². The molecule has 0 aliphatic heterocycles. The van der Waals surface area contributed by atoms with E-state index in [1.165, 1.54) is 0 Å². The second-order valence-corrected chi connectivity index (χ2v) is 6.46. The molecule has 0 bridgehead atoms. The number of aromatic amines is 1. The molecule has 4 rings (SSSR count). The van der Waals surface area contributed by atoms with Gasteiger partial charge < -0.3 is 4.98 Å². The van der Waals surface area contributed by atoms with Gasteiger partial charge in [0.2, 0.25) is 0 Å². The smallest absolute Gasteiger partial charge is 0.138 e. The molecule has 0 saturated carbocycles. The minimum atomic E-state index is 0.882. The summed E-state index contributed by atoms with van der Waals surface area (Å²) in [5.41, 5.74) is 5.31. The van der Waals surface area contributed by atoms with Gasteiger partial charge >= 0.3 is 0 Å². The highest BCUT2D eigenvalue weighted by Crippen LogP contribution is 2.33. The summed E-state index contributed by atoms with van der Waals surface area (Å²) in [6, 6.07) is 28.8. The first-order chi connectivity index (χ1) is 11.8. The van der Waals surface area contributed by atoms with E-state index in [0.29, 0.717) is 0 Å². The highest BCUT2D eigenvalue weighted by molar-refractivity contribution is 9.10. The summed E-state index contributed by atoms with van der Waals surface area (Å²) in [6.07, 6.45) is 0. The topological polar surface area (TPSA) is 28.7 Å². The van der Waals surface area contributed by atoms with Crippen LogP contribution >= 0.6 is 15.9 Å². The summed E-state index contributed by atoms with van der Waals surface area (Å²) in [5.74, 6) is 0.882. The van der Waals surface area contributed by atoms with E-state index in [4.69, 9.17) is 4.98 Å². The van der Waals surface area contributed by atoms with Crippen LogP contribution in [-0.2, 0) is 0 Å². The molecule has 3 heteroatoms. The number of halogens is 1. The third-order valence-corrected chi connectivity index (χ3v) is 4.46. The number of imidazole rings is 1. The van der Waals surface area contributed by atoms with Crippen LogP contribution in [0, 0.1) is 0 Å². The molecule has 3 aromatic carbocycles. The van der Waals surface area contributed by atoms with Crippen molar-refractivity contribution in [1.82, 2.24) is 9.97 Å². The van der Waals surface area contributed by atoms with Crippen molar-refractivity contribution in [2.75, 3.05) is 0 Å². The van der Waals surface area contributed by atoms with Gasteiger partial charge in [-0.25, -0.2) is 4.98 Å². The maximum absolute atomic E-state index is 4.88. The lowest BCUT2D eigenvalue weighted by molar-refractivity contribution is 1.31. The Bertz CT molecular complexity index is 942. The molecule has 2 nitrogen and oxygen atoms in total. The molecule has 0 spiro atoms. The number of nitrogens with zero attached hydrogens (tertiary/aromatic N) is 1. The Morgan fingerprint density at radius 3 is 1.83 bits per heavy atom. The minimum Gasteiger partial charge on any atom is -0.337 e. The maximum Gasteiger partial charge on any atom is 0.138 e. The van der Waals surface area contributed by atoms with Crippen molar-refractivity contribution < 1.29 is 0 Å². The lowest BCUT2D eigenvalue weighted by Gasteiger charge is -2.03. The van der Waals surface area contributed by atoms with Crippen LogP contribution in [0.1, 0.15) is 0 Å². The summed E-state index contributed by atoms with van der Waals surface area (Å²) in [4.78, 5) is 8.39. The monoisotopic (exact) mass is 374 g/mol. The first-order valence-corrected chi connectivity index (χ1v) is 8.57. The van der Waals surface area contributed by atoms with E-state index in [2.05, 4.69) is 57.3 Å². The van der Waals surface area contributed by atoms with Crippen LogP contribution < -0.4 is 0 Å². The molecule has 0 amide bonds. The van der Waals surface area contributed by atoms with Crippen LogP contribution in [0.4, 0.5) is 0 Å². The predicted octanol–water partition coefficient (Wildman–Crippen LogP) is 6.17. The molecule has 0 atom stereocenters. The van der Waals surface area contributed by atoms with Crippen LogP contribution in [0.25, 0.3) is 33.9 Å². The zero-order valence-electron chi connectivity index (χ0n) is 12.9. The first-order valence-electron chi connectivity index (χ1n) is 7.78. The quantitative estimate of drug-likeness (QED) is 0.456. The van der Waals surface area contributed by atoms with Crippen molar-refractivity contribution >= 4 is 15.9 Å². The second kappa shape index (κ2) is 6.46. The summed E-state index contributed by atoms with van der Waals surface area (Å²) < 4.78 is 1.07. The number of benzene rings is 3. The van der Waals surface area contributed by atoms with Crippen LogP contribution in [0.15, 0.2) is 89.4 Å². The third kappa shape index (κ3) is 2.91. The van der Waals surface area contributed by atoms with Gasteiger partial charge in [0.05, 0.1) is 11.4 Å². The highest BCUT2D eigenvalue weighted by atomic mass is 79.9. The van der Waals surface area contributed by atoms with Gasteiger partial charge in [-0.05, 0) is 12.1 Å². The second-order valence-electron chi connectivity index (χ2n) is 5.55. The number of aromatic nitrogens is 2. The highest BCUT2D eigenvalue weighted by Gasteiger charge is 2.14. The standard InChI is InChI=1S/C21H15BrN2/c22-18-13-11-16(12-14-18)20-19(15-7-3-1-4-8-15)23-21(24-20)17-9-5-2-6-10-17/h1-14H,(H,23,24). The van der Waals surface area contributed by atoms with Crippen molar-refractivity contribution in [3.05, 3.63) is 89.4 Å². The van der Waals surface area contributed by atoms with E-state index in [0.717, 1.165) is 38.4 Å². The van der Waals surface area contributed by atoms with E-state index >= 15 is 0 Å². The first kappa shape index (κ1) is 14.9. The molecule has 116 valence electrons. The molecule has 24 heavy (non-hydrogen) atoms. The zero-order valence-corrected chi connectivity index (χ0v) is 14.5. The van der Waals surface area contributed by atoms with Crippen LogP contribution in [0.5, 0.6) is 0 Å². The Kier molecular flexibility index (Phi) is 4.01. The molecular formula is C21H15BrN2. The average Bonchev–Trinajstić information content (AvgIpc) is 3.09. The Hall–Kier alpha value is -2.65. The fourth-order valence-corrected chi connectivity index (χ4v) is 3.00. The van der Waals surface area contributed by atoms with Gasteiger partial charge in [-0.3, -0.25) is 0 Å². The van der Waals surface area contributed by atoms with Crippen molar-refractivity contribution in [2.24, 2.45) is 0 Å². The normalized spacial score (nSPS) is 10.7. The van der Waals surface area contributed by atoms with Crippen LogP contribution in [0.3, 0.4) is 0 Å². The largest absolute Gasteiger partial charge is 0.337 e. The molecular weight excluding hydrogens is 360 g/mol. The van der Waals surface area contributed by atoms with Crippen LogP contribution in [0.2, 0.25) is 0 Å². The molecule has 0 aliphatic carbocycles. The Labute approximate surface area is 149 Å². The molecule has 1 N–H and O–H groups in total. The Morgan fingerprint density at radius 1 is 0.625 bits per heavy atom. The summed E-state index contributed by atoms with van der Waals surface area (Å²) >= 11 is 3.50. The number of rotatable bonds is 3. The van der Waals surface area contributed by atoms with E-state index in [-0.39, 0.29) is 0 Å². The van der Waals surface area contributed by atoms with Gasteiger partial charge in [0.25, 0.3) is 0 Å². The molecule has 4 aromatic rings. The summed E-state index contributed by atoms with van der Waals surface area (Å²) in [7, 11) is 0. The van der Waals surface area contributed by atoms with Gasteiger partial charge in [-0.15, -0.1) is 0 Å². The van der Waals surface area contributed by atoms with Crippen molar-refractivity contribution in [1.29, 1.82) is 0 Å². The van der Waals surface area contributed by atoms with Gasteiger partial charge in [0.1, 0.15) is 5.82 Å². The molecule has 1 aromatic heterocycles. The Morgan fingerprint density at radius 2 is 1.21 bits per heavy atom. The molecule has 0 radical (unpaired) electrons. The maximum atomic E-state index is 4.88. The van der Waals surface area contributed by atoms with Crippen molar-refractivity contribution in [3.8, 4) is 33.9 Å². The predicted molar refractivity (Wildman–Crippen MR) is 103 cm³/mol. The van der Waals surface area contributed by atoms with E-state index in [1.54, 1.807) is 0 Å². The lowest BCUT2D eigenvalue weighted by atomic mass is 10.1. The third-order valence-electron chi connectivity index (χ3n) is 3.93. The molecule has 0 fully saturated rings. The SMILES string of the molecule is Brc1ccc(-c2[nH]c(-c3ccccc3)nc2-c2ccccc2)cc1. The number of hydrogen-bond donors (Lipinski definition) is 1. The molecule has 1 heterocycles. The van der Waals surface area contributed by atoms with Crippen molar-refractivity contribution in [3.63, 3.8) is 0 Å². The number of nitrogens with one attached hydrogen (secondary N) is 1.